The van der Waals surface area contributed by atoms with E-state index in [0.717, 1.165) is 23.9 Å². The number of carbonyl (C=O) groups is 1. The van der Waals surface area contributed by atoms with Crippen LogP contribution < -0.4 is 16.4 Å². The predicted molar refractivity (Wildman–Crippen MR) is 151 cm³/mol. The van der Waals surface area contributed by atoms with E-state index >= 15 is 0 Å². The summed E-state index contributed by atoms with van der Waals surface area (Å²) in [7, 11) is 3.46. The van der Waals surface area contributed by atoms with Crippen LogP contribution in [0.4, 0.5) is 11.5 Å². The third-order valence-electron chi connectivity index (χ3n) is 7.27. The number of thiophene rings is 1. The van der Waals surface area contributed by atoms with E-state index in [-0.39, 0.29) is 27.9 Å². The molecule has 39 heavy (non-hydrogen) atoms. The van der Waals surface area contributed by atoms with Gasteiger partial charge in [-0.15, -0.1) is 11.3 Å². The number of nitrogens with one attached hydrogen (secondary N) is 1. The third-order valence-corrected chi connectivity index (χ3v) is 8.51. The number of pyridine rings is 2. The first-order chi connectivity index (χ1) is 18.6. The topological polar surface area (TPSA) is 117 Å². The maximum absolute atomic E-state index is 13.6. The van der Waals surface area contributed by atoms with Gasteiger partial charge in [0.2, 0.25) is 0 Å². The highest BCUT2D eigenvalue weighted by Crippen LogP contribution is 2.43. The van der Waals surface area contributed by atoms with E-state index in [9.17, 15) is 14.4 Å². The molecule has 0 aliphatic heterocycles. The van der Waals surface area contributed by atoms with Crippen LogP contribution in [0, 0.1) is 12.3 Å². The van der Waals surface area contributed by atoms with Crippen molar-refractivity contribution in [2.75, 3.05) is 5.32 Å². The minimum atomic E-state index is -0.300. The van der Waals surface area contributed by atoms with Crippen LogP contribution >= 0.6 is 11.3 Å². The largest absolute Gasteiger partial charge is 0.334 e. The van der Waals surface area contributed by atoms with Gasteiger partial charge in [-0.25, -0.2) is 4.98 Å². The number of nitrogens with zero attached hydrogens (tertiary/aromatic N) is 6. The molecular formula is C28H27N7O3S. The summed E-state index contributed by atoms with van der Waals surface area (Å²) in [5, 5.41) is 12.8. The van der Waals surface area contributed by atoms with E-state index in [4.69, 9.17) is 0 Å². The standard InChI is InChI=1S/C28H27N7O3S/c1-15-8-23(32-34(15)5)31-21-9-16(13-33(4)26(21)37)17-6-7-29-25(20(17)14-36)35-27(38)24-19(12-30-35)18-10-28(2,3)11-22(18)39-24/h6-9,12-14H,10-11H2,1-5H3,(H,31,32). The minimum Gasteiger partial charge on any atom is -0.334 e. The number of carbonyl (C=O) groups excluding carboxylic acids is 1. The van der Waals surface area contributed by atoms with Gasteiger partial charge in [0.25, 0.3) is 11.1 Å². The van der Waals surface area contributed by atoms with E-state index in [1.807, 2.05) is 20.0 Å². The third kappa shape index (κ3) is 4.09. The first-order valence-electron chi connectivity index (χ1n) is 12.5. The zero-order valence-corrected chi connectivity index (χ0v) is 23.1. The molecule has 0 amide bonds. The lowest BCUT2D eigenvalue weighted by Gasteiger charge is -2.16. The van der Waals surface area contributed by atoms with Crippen molar-refractivity contribution in [2.24, 2.45) is 19.5 Å². The van der Waals surface area contributed by atoms with Crippen molar-refractivity contribution in [2.45, 2.75) is 33.6 Å². The van der Waals surface area contributed by atoms with Gasteiger partial charge in [0.1, 0.15) is 10.4 Å². The Labute approximate surface area is 227 Å². The average Bonchev–Trinajstić information content (AvgIpc) is 3.50. The summed E-state index contributed by atoms with van der Waals surface area (Å²) in [5.74, 6) is 0.678. The van der Waals surface area contributed by atoms with E-state index in [2.05, 4.69) is 34.3 Å². The van der Waals surface area contributed by atoms with Crippen molar-refractivity contribution >= 4 is 39.2 Å². The van der Waals surface area contributed by atoms with Crippen molar-refractivity contribution < 1.29 is 4.79 Å². The molecule has 0 spiro atoms. The molecular weight excluding hydrogens is 514 g/mol. The minimum absolute atomic E-state index is 0.145. The molecule has 1 N–H and O–H groups in total. The molecule has 1 aliphatic rings. The normalized spacial score (nSPS) is 14.1. The Hall–Kier alpha value is -4.38. The van der Waals surface area contributed by atoms with Gasteiger partial charge in [0, 0.05) is 54.1 Å². The number of hydrogen-bond donors (Lipinski definition) is 1. The lowest BCUT2D eigenvalue weighted by Crippen LogP contribution is -2.23. The highest BCUT2D eigenvalue weighted by Gasteiger charge is 2.32. The molecule has 0 radical (unpaired) electrons. The first kappa shape index (κ1) is 24.9. The lowest BCUT2D eigenvalue weighted by molar-refractivity contribution is 0.112. The number of fused-ring (bicyclic) bond motifs is 3. The number of rotatable bonds is 5. The molecule has 0 atom stereocenters. The molecule has 5 heterocycles. The molecule has 1 aliphatic carbocycles. The Balaban J connectivity index is 1.47. The SMILES string of the molecule is Cc1cc(Nc2cc(-c3ccnc(-n4ncc5c6c(sc5c4=O)CC(C)(C)C6)c3C=O)cn(C)c2=O)nn1C. The number of anilines is 2. The van der Waals surface area contributed by atoms with Gasteiger partial charge < -0.3 is 9.88 Å². The second-order valence-electron chi connectivity index (χ2n) is 10.8. The fourth-order valence-electron chi connectivity index (χ4n) is 5.26. The van der Waals surface area contributed by atoms with Crippen molar-refractivity contribution in [3.05, 3.63) is 79.2 Å². The van der Waals surface area contributed by atoms with Crippen molar-refractivity contribution in [1.82, 2.24) is 29.1 Å². The molecule has 6 rings (SSSR count). The van der Waals surface area contributed by atoms with Crippen LogP contribution in [0.1, 0.15) is 40.3 Å². The Morgan fingerprint density at radius 2 is 1.92 bits per heavy atom. The van der Waals surface area contributed by atoms with Gasteiger partial charge in [-0.2, -0.15) is 14.9 Å². The summed E-state index contributed by atoms with van der Waals surface area (Å²) in [6, 6.07) is 5.19. The quantitative estimate of drug-likeness (QED) is 0.335. The summed E-state index contributed by atoms with van der Waals surface area (Å²) in [6.07, 6.45) is 7.39. The van der Waals surface area contributed by atoms with Crippen molar-refractivity contribution in [3.63, 3.8) is 0 Å². The van der Waals surface area contributed by atoms with Crippen LogP contribution in [-0.4, -0.2) is 35.4 Å². The first-order valence-corrected chi connectivity index (χ1v) is 13.3. The van der Waals surface area contributed by atoms with E-state index in [1.54, 1.807) is 36.3 Å². The maximum atomic E-state index is 13.6. The summed E-state index contributed by atoms with van der Waals surface area (Å²) in [6.45, 7) is 6.37. The molecule has 0 fully saturated rings. The van der Waals surface area contributed by atoms with Gasteiger partial charge in [-0.3, -0.25) is 19.1 Å². The van der Waals surface area contributed by atoms with E-state index in [0.29, 0.717) is 33.6 Å². The monoisotopic (exact) mass is 541 g/mol. The smallest absolute Gasteiger partial charge is 0.290 e. The Kier molecular flexibility index (Phi) is 5.65. The second kappa shape index (κ2) is 8.84. The van der Waals surface area contributed by atoms with E-state index in [1.165, 1.54) is 37.2 Å². The predicted octanol–water partition coefficient (Wildman–Crippen LogP) is 3.93. The number of aryl methyl sites for hydroxylation is 3. The Morgan fingerprint density at radius 3 is 2.64 bits per heavy atom. The summed E-state index contributed by atoms with van der Waals surface area (Å²) in [5.41, 5.74) is 3.38. The van der Waals surface area contributed by atoms with Gasteiger partial charge in [0.15, 0.2) is 17.9 Å². The van der Waals surface area contributed by atoms with Crippen LogP contribution in [0.5, 0.6) is 0 Å². The van der Waals surface area contributed by atoms with Crippen molar-refractivity contribution in [3.8, 4) is 16.9 Å². The number of aromatic nitrogens is 6. The van der Waals surface area contributed by atoms with Crippen LogP contribution in [0.3, 0.4) is 0 Å². The van der Waals surface area contributed by atoms with Crippen LogP contribution in [0.15, 0.2) is 46.4 Å². The fourth-order valence-corrected chi connectivity index (χ4v) is 6.73. The summed E-state index contributed by atoms with van der Waals surface area (Å²) < 4.78 is 4.96. The average molecular weight is 542 g/mol. The molecule has 10 nitrogen and oxygen atoms in total. The zero-order valence-electron chi connectivity index (χ0n) is 22.3. The molecule has 11 heteroatoms. The fraction of sp³-hybridized carbons (Fsp3) is 0.286. The van der Waals surface area contributed by atoms with Crippen LogP contribution in [-0.2, 0) is 26.9 Å². The molecule has 0 saturated carbocycles. The van der Waals surface area contributed by atoms with Gasteiger partial charge >= 0.3 is 0 Å². The summed E-state index contributed by atoms with van der Waals surface area (Å²) >= 11 is 1.50. The Morgan fingerprint density at radius 1 is 1.13 bits per heavy atom. The number of hydrogen-bond acceptors (Lipinski definition) is 8. The molecule has 5 aromatic heterocycles. The highest BCUT2D eigenvalue weighted by molar-refractivity contribution is 7.19. The summed E-state index contributed by atoms with van der Waals surface area (Å²) in [4.78, 5) is 44.5. The second-order valence-corrected chi connectivity index (χ2v) is 11.9. The maximum Gasteiger partial charge on any atom is 0.290 e. The van der Waals surface area contributed by atoms with Crippen molar-refractivity contribution in [1.29, 1.82) is 0 Å². The molecule has 198 valence electrons. The lowest BCUT2D eigenvalue weighted by atomic mass is 9.90. The number of aldehydes is 1. The molecule has 0 bridgehead atoms. The Bertz CT molecular complexity index is 1910. The van der Waals surface area contributed by atoms with E-state index < -0.39 is 0 Å². The van der Waals surface area contributed by atoms with Gasteiger partial charge in [-0.1, -0.05) is 13.8 Å². The van der Waals surface area contributed by atoms with Gasteiger partial charge in [0.05, 0.1) is 11.8 Å². The van der Waals surface area contributed by atoms with Gasteiger partial charge in [-0.05, 0) is 48.4 Å². The highest BCUT2D eigenvalue weighted by atomic mass is 32.1. The molecule has 0 aromatic carbocycles. The zero-order chi connectivity index (χ0) is 27.6. The van der Waals surface area contributed by atoms with Crippen LogP contribution in [0.25, 0.3) is 27.0 Å². The molecule has 0 unspecified atom stereocenters. The molecule has 5 aromatic rings. The molecule has 0 saturated heterocycles. The van der Waals surface area contributed by atoms with Crippen LogP contribution in [0.2, 0.25) is 0 Å².